The van der Waals surface area contributed by atoms with Gasteiger partial charge in [-0.05, 0) is 50.5 Å². The van der Waals surface area contributed by atoms with Crippen molar-refractivity contribution in [3.63, 3.8) is 0 Å². The number of aromatic nitrogens is 2. The van der Waals surface area contributed by atoms with Crippen molar-refractivity contribution in [2.75, 3.05) is 53.4 Å². The van der Waals surface area contributed by atoms with E-state index in [9.17, 15) is 39.4 Å². The molecule has 0 atom stereocenters. The van der Waals surface area contributed by atoms with E-state index in [1.54, 1.807) is 48.5 Å². The molecule has 52 heavy (non-hydrogen) atoms. The largest absolute Gasteiger partial charge is 0.353 e. The molecular formula is C36H34N8O8. The number of pyridine rings is 2. The molecule has 0 spiro atoms. The molecule has 2 heterocycles. The summed E-state index contributed by atoms with van der Waals surface area (Å²) in [4.78, 5) is 85.0. The summed E-state index contributed by atoms with van der Waals surface area (Å²) in [5.74, 6) is -0.963. The van der Waals surface area contributed by atoms with Gasteiger partial charge >= 0.3 is 0 Å². The summed E-state index contributed by atoms with van der Waals surface area (Å²) in [6, 6.07) is 18.3. The van der Waals surface area contributed by atoms with Crippen LogP contribution in [0.4, 0.5) is 11.4 Å². The van der Waals surface area contributed by atoms with Crippen molar-refractivity contribution in [1.29, 1.82) is 0 Å². The Hall–Kier alpha value is -6.52. The number of fused-ring (bicyclic) bond motifs is 4. The zero-order valence-electron chi connectivity index (χ0n) is 28.2. The minimum Gasteiger partial charge on any atom is -0.353 e. The SMILES string of the molecule is CN(CCNC(=O)c1ccc([N+](=O)[O-])c2c(=O)c3ccccc3[nH]c12)CCN(C)CCNC(=O)c1ccc([N+](=O)[O-])c2c(=O)c3ccccc3[nH]c12. The Morgan fingerprint density at radius 1 is 0.615 bits per heavy atom. The predicted molar refractivity (Wildman–Crippen MR) is 197 cm³/mol. The number of carbonyl (C=O) groups is 2. The topological polar surface area (TPSA) is 217 Å². The molecule has 2 amide bonds. The van der Waals surface area contributed by atoms with Crippen molar-refractivity contribution >= 4 is 66.8 Å². The number of hydrogen-bond donors (Lipinski definition) is 4. The van der Waals surface area contributed by atoms with Crippen molar-refractivity contribution in [2.45, 2.75) is 0 Å². The summed E-state index contributed by atoms with van der Waals surface area (Å²) < 4.78 is 0. The Morgan fingerprint density at radius 3 is 1.38 bits per heavy atom. The lowest BCUT2D eigenvalue weighted by molar-refractivity contribution is -0.383. The van der Waals surface area contributed by atoms with Crippen LogP contribution in [-0.2, 0) is 0 Å². The van der Waals surface area contributed by atoms with E-state index in [-0.39, 0.29) is 68.2 Å². The monoisotopic (exact) mass is 706 g/mol. The van der Waals surface area contributed by atoms with Crippen molar-refractivity contribution in [3.8, 4) is 0 Å². The number of para-hydroxylation sites is 2. The summed E-state index contributed by atoms with van der Waals surface area (Å²) in [5, 5.41) is 29.3. The van der Waals surface area contributed by atoms with Crippen LogP contribution in [0.1, 0.15) is 20.7 Å². The van der Waals surface area contributed by atoms with Gasteiger partial charge in [0.2, 0.25) is 10.9 Å². The lowest BCUT2D eigenvalue weighted by Gasteiger charge is -2.22. The van der Waals surface area contributed by atoms with Crippen LogP contribution >= 0.6 is 0 Å². The number of carbonyl (C=O) groups excluding carboxylic acids is 2. The molecule has 0 bridgehead atoms. The van der Waals surface area contributed by atoms with Crippen LogP contribution in [0.25, 0.3) is 43.6 Å². The van der Waals surface area contributed by atoms with Gasteiger partial charge in [0.15, 0.2) is 0 Å². The summed E-state index contributed by atoms with van der Waals surface area (Å²) in [6.45, 7) is 2.77. The molecule has 4 aromatic carbocycles. The van der Waals surface area contributed by atoms with E-state index in [2.05, 4.69) is 20.6 Å². The van der Waals surface area contributed by atoms with Crippen molar-refractivity contribution in [2.24, 2.45) is 0 Å². The first-order valence-corrected chi connectivity index (χ1v) is 16.3. The number of nitrogens with zero attached hydrogens (tertiary/aromatic N) is 4. The standard InChI is InChI=1S/C36H34N8O8/c1-41(17-15-37-35(47)23-11-13-27(43(49)50)29-31(23)39-25-9-5-3-7-21(25)33(29)45)19-20-42(2)18-16-38-36(48)24-12-14-28(44(51)52)30-32(24)40-26-10-6-4-8-22(26)34(30)46/h3-14H,15-20H2,1-2H3,(H,37,47)(H,38,48)(H,39,45)(H,40,46). The third kappa shape index (κ3) is 6.92. The van der Waals surface area contributed by atoms with Gasteiger partial charge in [-0.1, -0.05) is 24.3 Å². The van der Waals surface area contributed by atoms with E-state index in [0.717, 1.165) is 0 Å². The Kier molecular flexibility index (Phi) is 10.0. The van der Waals surface area contributed by atoms with E-state index in [0.29, 0.717) is 37.2 Å². The molecule has 16 heteroatoms. The van der Waals surface area contributed by atoms with Gasteiger partial charge in [-0.2, -0.15) is 0 Å². The number of aromatic amines is 2. The summed E-state index contributed by atoms with van der Waals surface area (Å²) in [5.41, 5.74) is -0.465. The molecule has 0 saturated heterocycles. The van der Waals surface area contributed by atoms with Gasteiger partial charge in [-0.3, -0.25) is 39.4 Å². The minimum atomic E-state index is -0.640. The molecule has 6 rings (SSSR count). The molecular weight excluding hydrogens is 672 g/mol. The Labute approximate surface area is 294 Å². The molecule has 4 N–H and O–H groups in total. The molecule has 266 valence electrons. The van der Waals surface area contributed by atoms with Gasteiger partial charge < -0.3 is 30.4 Å². The fourth-order valence-electron chi connectivity index (χ4n) is 6.18. The van der Waals surface area contributed by atoms with Gasteiger partial charge in [-0.15, -0.1) is 0 Å². The second kappa shape index (κ2) is 14.8. The molecule has 0 unspecified atom stereocenters. The molecule has 0 aliphatic heterocycles. The van der Waals surface area contributed by atoms with E-state index in [4.69, 9.17) is 0 Å². The third-order valence-corrected chi connectivity index (χ3v) is 8.99. The fraction of sp³-hybridized carbons (Fsp3) is 0.222. The van der Waals surface area contributed by atoms with Crippen LogP contribution in [0, 0.1) is 20.2 Å². The highest BCUT2D eigenvalue weighted by molar-refractivity contribution is 6.11. The Morgan fingerprint density at radius 2 is 1.00 bits per heavy atom. The molecule has 2 aromatic heterocycles. The smallest absolute Gasteiger partial charge is 0.282 e. The van der Waals surface area contributed by atoms with Crippen LogP contribution in [0.15, 0.2) is 82.4 Å². The lowest BCUT2D eigenvalue weighted by Crippen LogP contribution is -2.39. The van der Waals surface area contributed by atoms with Gasteiger partial charge in [0.1, 0.15) is 10.8 Å². The number of rotatable bonds is 13. The second-order valence-electron chi connectivity index (χ2n) is 12.4. The molecule has 0 aliphatic rings. The number of likely N-dealkylation sites (N-methyl/N-ethyl adjacent to an activating group) is 2. The number of nitrogens with one attached hydrogen (secondary N) is 4. The number of non-ortho nitro benzene ring substituents is 2. The highest BCUT2D eigenvalue weighted by atomic mass is 16.6. The molecule has 0 saturated carbocycles. The van der Waals surface area contributed by atoms with E-state index >= 15 is 0 Å². The predicted octanol–water partition coefficient (Wildman–Crippen LogP) is 3.52. The van der Waals surface area contributed by atoms with Gasteiger partial charge in [0, 0.05) is 73.2 Å². The molecule has 0 radical (unpaired) electrons. The third-order valence-electron chi connectivity index (χ3n) is 8.99. The second-order valence-corrected chi connectivity index (χ2v) is 12.4. The maximum Gasteiger partial charge on any atom is 0.282 e. The maximum atomic E-state index is 13.2. The number of benzene rings is 4. The number of amides is 2. The highest BCUT2D eigenvalue weighted by Crippen LogP contribution is 2.28. The highest BCUT2D eigenvalue weighted by Gasteiger charge is 2.24. The minimum absolute atomic E-state index is 0.0982. The zero-order chi connectivity index (χ0) is 37.1. The molecule has 6 aromatic rings. The normalized spacial score (nSPS) is 11.5. The quantitative estimate of drug-likeness (QED) is 0.0778. The number of nitro benzene ring substituents is 2. The van der Waals surface area contributed by atoms with E-state index < -0.39 is 32.5 Å². The van der Waals surface area contributed by atoms with E-state index in [1.807, 2.05) is 23.9 Å². The van der Waals surface area contributed by atoms with Crippen molar-refractivity contribution in [1.82, 2.24) is 30.4 Å². The first kappa shape index (κ1) is 35.3. The Bertz CT molecular complexity index is 2350. The molecule has 0 fully saturated rings. The lowest BCUT2D eigenvalue weighted by atomic mass is 10.0. The molecule has 0 aliphatic carbocycles. The fourth-order valence-corrected chi connectivity index (χ4v) is 6.18. The number of hydrogen-bond acceptors (Lipinski definition) is 10. The first-order chi connectivity index (χ1) is 25.0. The summed E-state index contributed by atoms with van der Waals surface area (Å²) >= 11 is 0. The summed E-state index contributed by atoms with van der Waals surface area (Å²) in [7, 11) is 3.77. The molecule has 16 nitrogen and oxygen atoms in total. The zero-order valence-corrected chi connectivity index (χ0v) is 28.2. The van der Waals surface area contributed by atoms with Crippen LogP contribution in [0.5, 0.6) is 0 Å². The van der Waals surface area contributed by atoms with Crippen LogP contribution in [-0.4, -0.2) is 94.8 Å². The van der Waals surface area contributed by atoms with Crippen molar-refractivity contribution < 1.29 is 19.4 Å². The first-order valence-electron chi connectivity index (χ1n) is 16.3. The average Bonchev–Trinajstić information content (AvgIpc) is 3.13. The van der Waals surface area contributed by atoms with Crippen LogP contribution in [0.2, 0.25) is 0 Å². The van der Waals surface area contributed by atoms with Crippen LogP contribution < -0.4 is 21.5 Å². The number of H-pyrrole nitrogens is 2. The van der Waals surface area contributed by atoms with Gasteiger partial charge in [0.05, 0.1) is 32.0 Å². The van der Waals surface area contributed by atoms with Crippen molar-refractivity contribution in [3.05, 3.63) is 125 Å². The van der Waals surface area contributed by atoms with Gasteiger partial charge in [0.25, 0.3) is 23.2 Å². The van der Waals surface area contributed by atoms with Crippen LogP contribution in [0.3, 0.4) is 0 Å². The van der Waals surface area contributed by atoms with Gasteiger partial charge in [-0.25, -0.2) is 0 Å². The van der Waals surface area contributed by atoms with E-state index in [1.165, 1.54) is 24.3 Å². The number of nitro groups is 2. The Balaban J connectivity index is 1.02. The maximum absolute atomic E-state index is 13.2. The summed E-state index contributed by atoms with van der Waals surface area (Å²) in [6.07, 6.45) is 0. The average molecular weight is 707 g/mol.